The third-order valence-corrected chi connectivity index (χ3v) is 3.36. The second-order valence-electron chi connectivity index (χ2n) is 4.84. The Balaban J connectivity index is 3.05. The summed E-state index contributed by atoms with van der Waals surface area (Å²) in [5, 5.41) is 0. The molecule has 1 aromatic carbocycles. The summed E-state index contributed by atoms with van der Waals surface area (Å²) in [6, 6.07) is 6.55. The molecule has 2 nitrogen and oxygen atoms in total. The molecule has 0 aromatic heterocycles. The average Bonchev–Trinajstić information content (AvgIpc) is 2.35. The Morgan fingerprint density at radius 1 is 1.29 bits per heavy atom. The van der Waals surface area contributed by atoms with Gasteiger partial charge in [-0.1, -0.05) is 32.9 Å². The highest BCUT2D eigenvalue weighted by molar-refractivity contribution is 5.40. The molecule has 0 aliphatic heterocycles. The van der Waals surface area contributed by atoms with E-state index in [9.17, 15) is 0 Å². The van der Waals surface area contributed by atoms with E-state index in [1.54, 1.807) is 7.11 Å². The molecule has 0 aliphatic rings. The molecule has 0 aliphatic carbocycles. The first kappa shape index (κ1) is 14.0. The molecule has 0 saturated heterocycles. The van der Waals surface area contributed by atoms with Crippen LogP contribution in [0.2, 0.25) is 0 Å². The first-order valence-electron chi connectivity index (χ1n) is 6.51. The zero-order valence-corrected chi connectivity index (χ0v) is 11.5. The van der Waals surface area contributed by atoms with Gasteiger partial charge in [-0.25, -0.2) is 0 Å². The normalized spacial score (nSPS) is 12.8. The van der Waals surface area contributed by atoms with Gasteiger partial charge in [0.2, 0.25) is 0 Å². The lowest BCUT2D eigenvalue weighted by atomic mass is 9.89. The van der Waals surface area contributed by atoms with Crippen molar-refractivity contribution in [1.82, 2.24) is 0 Å². The van der Waals surface area contributed by atoms with E-state index >= 15 is 0 Å². The van der Waals surface area contributed by atoms with Crippen LogP contribution in [-0.2, 0) is 0 Å². The molecule has 1 unspecified atom stereocenters. The van der Waals surface area contributed by atoms with Crippen LogP contribution >= 0.6 is 0 Å². The van der Waals surface area contributed by atoms with Gasteiger partial charge in [0, 0.05) is 0 Å². The minimum atomic E-state index is 0.486. The topological polar surface area (TPSA) is 35.2 Å². The summed E-state index contributed by atoms with van der Waals surface area (Å²) in [6.07, 6.45) is 2.20. The van der Waals surface area contributed by atoms with Gasteiger partial charge in [-0.15, -0.1) is 0 Å². The molecular formula is C15H25NO. The van der Waals surface area contributed by atoms with E-state index in [1.165, 1.54) is 11.1 Å². The Labute approximate surface area is 105 Å². The van der Waals surface area contributed by atoms with Gasteiger partial charge in [-0.05, 0) is 48.4 Å². The van der Waals surface area contributed by atoms with Crippen molar-refractivity contribution in [3.63, 3.8) is 0 Å². The van der Waals surface area contributed by atoms with Crippen molar-refractivity contribution in [3.8, 4) is 5.75 Å². The predicted octanol–water partition coefficient (Wildman–Crippen LogP) is 3.66. The summed E-state index contributed by atoms with van der Waals surface area (Å²) in [5.74, 6) is 2.05. The van der Waals surface area contributed by atoms with Crippen LogP contribution in [0.3, 0.4) is 0 Å². The summed E-state index contributed by atoms with van der Waals surface area (Å²) in [7, 11) is 1.73. The monoisotopic (exact) mass is 235 g/mol. The molecular weight excluding hydrogens is 210 g/mol. The highest BCUT2D eigenvalue weighted by atomic mass is 16.5. The number of methoxy groups -OCH3 is 1. The molecule has 2 heteroatoms. The van der Waals surface area contributed by atoms with Crippen LogP contribution in [0.5, 0.6) is 5.75 Å². The molecule has 1 rings (SSSR count). The van der Waals surface area contributed by atoms with Gasteiger partial charge in [0.05, 0.1) is 7.11 Å². The number of benzene rings is 1. The van der Waals surface area contributed by atoms with Crippen molar-refractivity contribution in [1.29, 1.82) is 0 Å². The van der Waals surface area contributed by atoms with Crippen molar-refractivity contribution >= 4 is 0 Å². The van der Waals surface area contributed by atoms with E-state index in [-0.39, 0.29) is 0 Å². The van der Waals surface area contributed by atoms with Crippen LogP contribution in [0.4, 0.5) is 0 Å². The maximum Gasteiger partial charge on any atom is 0.122 e. The molecule has 0 amide bonds. The summed E-state index contributed by atoms with van der Waals surface area (Å²) in [4.78, 5) is 0. The van der Waals surface area contributed by atoms with Crippen LogP contribution in [0.1, 0.15) is 56.6 Å². The Hall–Kier alpha value is -1.02. The molecule has 1 aromatic rings. The van der Waals surface area contributed by atoms with E-state index in [0.29, 0.717) is 11.8 Å². The molecule has 1 atom stereocenters. The summed E-state index contributed by atoms with van der Waals surface area (Å²) in [5.41, 5.74) is 8.35. The van der Waals surface area contributed by atoms with Gasteiger partial charge < -0.3 is 10.5 Å². The summed E-state index contributed by atoms with van der Waals surface area (Å²) >= 11 is 0. The number of ether oxygens (including phenoxy) is 1. The quantitative estimate of drug-likeness (QED) is 0.816. The molecule has 17 heavy (non-hydrogen) atoms. The lowest BCUT2D eigenvalue weighted by Crippen LogP contribution is -2.07. The first-order chi connectivity index (χ1) is 8.13. The van der Waals surface area contributed by atoms with Gasteiger partial charge in [0.25, 0.3) is 0 Å². The first-order valence-corrected chi connectivity index (χ1v) is 6.51. The van der Waals surface area contributed by atoms with Crippen LogP contribution < -0.4 is 10.5 Å². The predicted molar refractivity (Wildman–Crippen MR) is 73.8 cm³/mol. The fourth-order valence-corrected chi connectivity index (χ4v) is 2.27. The van der Waals surface area contributed by atoms with Gasteiger partial charge in [-0.2, -0.15) is 0 Å². The average molecular weight is 235 g/mol. The Morgan fingerprint density at radius 3 is 2.47 bits per heavy atom. The van der Waals surface area contributed by atoms with Crippen molar-refractivity contribution in [2.75, 3.05) is 13.7 Å². The summed E-state index contributed by atoms with van der Waals surface area (Å²) in [6.45, 7) is 7.37. The van der Waals surface area contributed by atoms with Crippen molar-refractivity contribution < 1.29 is 4.74 Å². The molecule has 0 radical (unpaired) electrons. The van der Waals surface area contributed by atoms with Gasteiger partial charge in [-0.3, -0.25) is 0 Å². The fourth-order valence-electron chi connectivity index (χ4n) is 2.27. The maximum atomic E-state index is 5.67. The Morgan fingerprint density at radius 2 is 2.00 bits per heavy atom. The SMILES string of the molecule is CCC(CCN)c1ccc(OC)c(C(C)C)c1. The standard InChI is InChI=1S/C15H25NO/c1-5-12(8-9-16)13-6-7-15(17-4)14(10-13)11(2)3/h6-7,10-12H,5,8-9,16H2,1-4H3. The second kappa shape index (κ2) is 6.65. The minimum absolute atomic E-state index is 0.486. The minimum Gasteiger partial charge on any atom is -0.496 e. The zero-order chi connectivity index (χ0) is 12.8. The van der Waals surface area contributed by atoms with Gasteiger partial charge in [0.15, 0.2) is 0 Å². The molecule has 0 fully saturated rings. The molecule has 96 valence electrons. The van der Waals surface area contributed by atoms with Crippen LogP contribution in [0, 0.1) is 0 Å². The van der Waals surface area contributed by atoms with Crippen molar-refractivity contribution in [3.05, 3.63) is 29.3 Å². The Kier molecular flexibility index (Phi) is 5.49. The smallest absolute Gasteiger partial charge is 0.122 e. The molecule has 0 spiro atoms. The van der Waals surface area contributed by atoms with Gasteiger partial charge in [0.1, 0.15) is 5.75 Å². The van der Waals surface area contributed by atoms with E-state index < -0.39 is 0 Å². The van der Waals surface area contributed by atoms with Crippen LogP contribution in [0.15, 0.2) is 18.2 Å². The number of hydrogen-bond donors (Lipinski definition) is 1. The third kappa shape index (κ3) is 3.47. The fraction of sp³-hybridized carbons (Fsp3) is 0.600. The van der Waals surface area contributed by atoms with Crippen molar-refractivity contribution in [2.24, 2.45) is 5.73 Å². The highest BCUT2D eigenvalue weighted by Gasteiger charge is 2.13. The Bertz CT molecular complexity index is 347. The third-order valence-electron chi connectivity index (χ3n) is 3.36. The zero-order valence-electron chi connectivity index (χ0n) is 11.5. The maximum absolute atomic E-state index is 5.67. The molecule has 0 heterocycles. The van der Waals surface area contributed by atoms with E-state index in [2.05, 4.69) is 39.0 Å². The van der Waals surface area contributed by atoms with Crippen LogP contribution in [0.25, 0.3) is 0 Å². The van der Waals surface area contributed by atoms with Crippen LogP contribution in [-0.4, -0.2) is 13.7 Å². The van der Waals surface area contributed by atoms with Crippen molar-refractivity contribution in [2.45, 2.75) is 45.4 Å². The highest BCUT2D eigenvalue weighted by Crippen LogP contribution is 2.31. The second-order valence-corrected chi connectivity index (χ2v) is 4.84. The van der Waals surface area contributed by atoms with E-state index in [1.807, 2.05) is 0 Å². The number of nitrogens with two attached hydrogens (primary N) is 1. The molecule has 0 saturated carbocycles. The lowest BCUT2D eigenvalue weighted by Gasteiger charge is -2.18. The lowest BCUT2D eigenvalue weighted by molar-refractivity contribution is 0.407. The van der Waals surface area contributed by atoms with E-state index in [0.717, 1.165) is 25.1 Å². The largest absolute Gasteiger partial charge is 0.496 e. The molecule has 2 N–H and O–H groups in total. The van der Waals surface area contributed by atoms with Gasteiger partial charge >= 0.3 is 0 Å². The molecule has 0 bridgehead atoms. The van der Waals surface area contributed by atoms with E-state index in [4.69, 9.17) is 10.5 Å². The summed E-state index contributed by atoms with van der Waals surface area (Å²) < 4.78 is 5.41. The number of hydrogen-bond acceptors (Lipinski definition) is 2. The number of rotatable bonds is 6.